The van der Waals surface area contributed by atoms with Crippen molar-refractivity contribution < 1.29 is 14.3 Å². The molecule has 5 nitrogen and oxygen atoms in total. The molecular weight excluding hydrogens is 300 g/mol. The molecule has 0 bridgehead atoms. The number of carbonyl (C=O) groups is 1. The predicted octanol–water partition coefficient (Wildman–Crippen LogP) is 2.66. The molecule has 6 heteroatoms. The number of carbonyl (C=O) groups excluding carboxylic acids is 1. The van der Waals surface area contributed by atoms with Crippen molar-refractivity contribution in [3.05, 3.63) is 40.1 Å². The molecule has 118 valence electrons. The van der Waals surface area contributed by atoms with Crippen LogP contribution in [0.5, 0.6) is 0 Å². The van der Waals surface area contributed by atoms with Crippen LogP contribution in [0.3, 0.4) is 0 Å². The Morgan fingerprint density at radius 1 is 1.50 bits per heavy atom. The van der Waals surface area contributed by atoms with Crippen molar-refractivity contribution in [1.29, 1.82) is 0 Å². The Bertz CT molecular complexity index is 574. The minimum Gasteiger partial charge on any atom is -0.488 e. The van der Waals surface area contributed by atoms with E-state index in [1.165, 1.54) is 11.3 Å². The number of thiazole rings is 1. The Labute approximate surface area is 134 Å². The normalized spacial score (nSPS) is 20.7. The van der Waals surface area contributed by atoms with Crippen LogP contribution in [-0.2, 0) is 16.1 Å². The standard InChI is InChI=1S/C16H20N2O3S/c19-15(17-8-12-6-7-20-10-12)16-18-9-14(22-16)11-21-13-4-2-1-3-5-13/h2,4-5,9,12H,1,3,6-8,10-11H2,(H,17,19). The summed E-state index contributed by atoms with van der Waals surface area (Å²) in [7, 11) is 0. The minimum absolute atomic E-state index is 0.111. The van der Waals surface area contributed by atoms with Crippen LogP contribution < -0.4 is 5.32 Å². The highest BCUT2D eigenvalue weighted by Crippen LogP contribution is 2.18. The summed E-state index contributed by atoms with van der Waals surface area (Å²) in [5, 5.41) is 3.42. The summed E-state index contributed by atoms with van der Waals surface area (Å²) in [5.41, 5.74) is 0. The van der Waals surface area contributed by atoms with Crippen LogP contribution in [0.2, 0.25) is 0 Å². The third-order valence-corrected chi connectivity index (χ3v) is 4.63. The molecule has 3 rings (SSSR count). The van der Waals surface area contributed by atoms with E-state index in [-0.39, 0.29) is 5.91 Å². The van der Waals surface area contributed by atoms with E-state index in [1.54, 1.807) is 6.20 Å². The molecular formula is C16H20N2O3S. The van der Waals surface area contributed by atoms with Gasteiger partial charge >= 0.3 is 0 Å². The van der Waals surface area contributed by atoms with Crippen molar-refractivity contribution in [2.45, 2.75) is 25.9 Å². The maximum Gasteiger partial charge on any atom is 0.280 e. The summed E-state index contributed by atoms with van der Waals surface area (Å²) < 4.78 is 11.0. The van der Waals surface area contributed by atoms with Crippen molar-refractivity contribution in [2.75, 3.05) is 19.8 Å². The first-order chi connectivity index (χ1) is 10.8. The van der Waals surface area contributed by atoms with Gasteiger partial charge in [-0.1, -0.05) is 6.08 Å². The fraction of sp³-hybridized carbons (Fsp3) is 0.500. The van der Waals surface area contributed by atoms with Gasteiger partial charge in [-0.05, 0) is 31.4 Å². The summed E-state index contributed by atoms with van der Waals surface area (Å²) >= 11 is 1.38. The second-order valence-corrected chi connectivity index (χ2v) is 6.56. The maximum atomic E-state index is 12.1. The highest BCUT2D eigenvalue weighted by Gasteiger charge is 2.18. The zero-order chi connectivity index (χ0) is 15.2. The Morgan fingerprint density at radius 2 is 2.45 bits per heavy atom. The number of nitrogens with zero attached hydrogens (tertiary/aromatic N) is 1. The van der Waals surface area contributed by atoms with Crippen LogP contribution in [0.25, 0.3) is 0 Å². The molecule has 1 atom stereocenters. The molecule has 22 heavy (non-hydrogen) atoms. The van der Waals surface area contributed by atoms with Crippen molar-refractivity contribution in [3.8, 4) is 0 Å². The molecule has 1 aliphatic carbocycles. The lowest BCUT2D eigenvalue weighted by atomic mass is 10.1. The molecule has 0 saturated carbocycles. The lowest BCUT2D eigenvalue weighted by molar-refractivity contribution is 0.0944. The van der Waals surface area contributed by atoms with E-state index in [0.29, 0.717) is 24.1 Å². The molecule has 1 amide bonds. The second-order valence-electron chi connectivity index (χ2n) is 5.45. The van der Waals surface area contributed by atoms with Crippen molar-refractivity contribution in [2.24, 2.45) is 5.92 Å². The molecule has 1 saturated heterocycles. The van der Waals surface area contributed by atoms with Crippen LogP contribution in [0, 0.1) is 5.92 Å². The fourth-order valence-corrected chi connectivity index (χ4v) is 3.13. The number of aromatic nitrogens is 1. The molecule has 1 fully saturated rings. The number of ether oxygens (including phenoxy) is 2. The number of rotatable bonds is 6. The number of amides is 1. The Balaban J connectivity index is 1.46. The first-order valence-electron chi connectivity index (χ1n) is 7.61. The van der Waals surface area contributed by atoms with Gasteiger partial charge < -0.3 is 14.8 Å². The van der Waals surface area contributed by atoms with E-state index in [2.05, 4.69) is 22.5 Å². The van der Waals surface area contributed by atoms with E-state index in [0.717, 1.165) is 43.1 Å². The number of nitrogens with one attached hydrogen (secondary N) is 1. The topological polar surface area (TPSA) is 60.5 Å². The predicted molar refractivity (Wildman–Crippen MR) is 84.6 cm³/mol. The maximum absolute atomic E-state index is 12.1. The summed E-state index contributed by atoms with van der Waals surface area (Å²) in [6, 6.07) is 0. The number of hydrogen-bond donors (Lipinski definition) is 1. The Hall–Kier alpha value is -1.66. The second kappa shape index (κ2) is 7.56. The van der Waals surface area contributed by atoms with Crippen molar-refractivity contribution in [3.63, 3.8) is 0 Å². The molecule has 1 N–H and O–H groups in total. The largest absolute Gasteiger partial charge is 0.488 e. The molecule has 0 spiro atoms. The third-order valence-electron chi connectivity index (χ3n) is 3.67. The number of hydrogen-bond acceptors (Lipinski definition) is 5. The SMILES string of the molecule is O=C(NCC1CCOC1)c1ncc(COC2=CCCC=C2)s1. The highest BCUT2D eigenvalue weighted by atomic mass is 32.1. The van der Waals surface area contributed by atoms with Gasteiger partial charge in [0.1, 0.15) is 12.4 Å². The van der Waals surface area contributed by atoms with Gasteiger partial charge in [0.2, 0.25) is 0 Å². The van der Waals surface area contributed by atoms with Crippen LogP contribution >= 0.6 is 11.3 Å². The first kappa shape index (κ1) is 15.2. The molecule has 1 unspecified atom stereocenters. The van der Waals surface area contributed by atoms with Crippen molar-refractivity contribution in [1.82, 2.24) is 10.3 Å². The van der Waals surface area contributed by atoms with Crippen LogP contribution in [0.1, 0.15) is 33.9 Å². The van der Waals surface area contributed by atoms with Gasteiger partial charge in [-0.15, -0.1) is 11.3 Å². The Morgan fingerprint density at radius 3 is 3.23 bits per heavy atom. The number of allylic oxidation sites excluding steroid dienone is 3. The lowest BCUT2D eigenvalue weighted by Gasteiger charge is -2.08. The fourth-order valence-electron chi connectivity index (χ4n) is 2.39. The molecule has 2 heterocycles. The molecule has 2 aliphatic rings. The van der Waals surface area contributed by atoms with E-state index in [4.69, 9.17) is 9.47 Å². The molecule has 1 aromatic heterocycles. The minimum atomic E-state index is -0.111. The lowest BCUT2D eigenvalue weighted by Crippen LogP contribution is -2.29. The van der Waals surface area contributed by atoms with E-state index in [1.807, 2.05) is 6.08 Å². The summed E-state index contributed by atoms with van der Waals surface area (Å²) in [6.45, 7) is 2.64. The summed E-state index contributed by atoms with van der Waals surface area (Å²) in [6.07, 6.45) is 11.0. The van der Waals surface area contributed by atoms with Crippen molar-refractivity contribution >= 4 is 17.2 Å². The first-order valence-corrected chi connectivity index (χ1v) is 8.43. The molecule has 1 aromatic rings. The van der Waals surface area contributed by atoms with Gasteiger partial charge in [0, 0.05) is 25.3 Å². The quantitative estimate of drug-likeness (QED) is 0.875. The van der Waals surface area contributed by atoms with E-state index >= 15 is 0 Å². The summed E-state index contributed by atoms with van der Waals surface area (Å²) in [4.78, 5) is 17.2. The van der Waals surface area contributed by atoms with E-state index < -0.39 is 0 Å². The van der Waals surface area contributed by atoms with Gasteiger partial charge in [-0.25, -0.2) is 4.98 Å². The van der Waals surface area contributed by atoms with Crippen LogP contribution in [0.4, 0.5) is 0 Å². The highest BCUT2D eigenvalue weighted by molar-refractivity contribution is 7.13. The smallest absolute Gasteiger partial charge is 0.280 e. The third kappa shape index (κ3) is 4.18. The average molecular weight is 320 g/mol. The molecule has 1 aliphatic heterocycles. The van der Waals surface area contributed by atoms with Crippen LogP contribution in [0.15, 0.2) is 30.2 Å². The zero-order valence-electron chi connectivity index (χ0n) is 12.4. The monoisotopic (exact) mass is 320 g/mol. The average Bonchev–Trinajstić information content (AvgIpc) is 3.23. The van der Waals surface area contributed by atoms with Gasteiger partial charge in [-0.3, -0.25) is 4.79 Å². The van der Waals surface area contributed by atoms with E-state index in [9.17, 15) is 4.79 Å². The van der Waals surface area contributed by atoms with Crippen LogP contribution in [-0.4, -0.2) is 30.6 Å². The zero-order valence-corrected chi connectivity index (χ0v) is 13.2. The van der Waals surface area contributed by atoms with Gasteiger partial charge in [0.05, 0.1) is 11.5 Å². The Kier molecular flexibility index (Phi) is 5.24. The van der Waals surface area contributed by atoms with Gasteiger partial charge in [0.15, 0.2) is 5.01 Å². The van der Waals surface area contributed by atoms with Gasteiger partial charge in [0.25, 0.3) is 5.91 Å². The summed E-state index contributed by atoms with van der Waals surface area (Å²) in [5.74, 6) is 1.21. The molecule has 0 aromatic carbocycles. The van der Waals surface area contributed by atoms with Gasteiger partial charge in [-0.2, -0.15) is 0 Å². The molecule has 0 radical (unpaired) electrons.